The molecule has 0 aliphatic rings. The first kappa shape index (κ1) is 22.2. The standard InChI is InChI=1S/C18H32N4.HI/c1-5-6-7-10-13-20-18(19-2)21-14-16-11-8-9-12-17(16)15-22(3)4;/h8-9,11-12H,5-7,10,13-15H2,1-4H3,(H2,19,20,21);1H. The van der Waals surface area contributed by atoms with Crippen LogP contribution in [0.2, 0.25) is 0 Å². The zero-order valence-electron chi connectivity index (χ0n) is 15.1. The second-order valence-corrected chi connectivity index (χ2v) is 5.92. The van der Waals surface area contributed by atoms with Gasteiger partial charge in [-0.15, -0.1) is 24.0 Å². The molecule has 0 saturated carbocycles. The molecular weight excluding hydrogens is 399 g/mol. The van der Waals surface area contributed by atoms with E-state index in [9.17, 15) is 0 Å². The Kier molecular flexibility index (Phi) is 13.1. The molecule has 0 bridgehead atoms. The van der Waals surface area contributed by atoms with Crippen LogP contribution in [0.3, 0.4) is 0 Å². The van der Waals surface area contributed by atoms with Crippen LogP contribution >= 0.6 is 24.0 Å². The molecule has 0 amide bonds. The molecule has 1 aromatic carbocycles. The third kappa shape index (κ3) is 9.81. The van der Waals surface area contributed by atoms with E-state index in [-0.39, 0.29) is 24.0 Å². The second kappa shape index (κ2) is 13.6. The number of benzene rings is 1. The minimum atomic E-state index is 0. The summed E-state index contributed by atoms with van der Waals surface area (Å²) in [5.74, 6) is 0.885. The fourth-order valence-corrected chi connectivity index (χ4v) is 2.38. The molecule has 0 atom stereocenters. The number of guanidine groups is 1. The molecule has 4 nitrogen and oxygen atoms in total. The van der Waals surface area contributed by atoms with Crippen molar-refractivity contribution in [1.82, 2.24) is 15.5 Å². The number of hydrogen-bond donors (Lipinski definition) is 2. The maximum absolute atomic E-state index is 4.30. The Morgan fingerprint density at radius 1 is 1.04 bits per heavy atom. The molecule has 0 saturated heterocycles. The molecule has 0 fully saturated rings. The summed E-state index contributed by atoms with van der Waals surface area (Å²) in [5, 5.41) is 6.80. The first-order valence-corrected chi connectivity index (χ1v) is 8.33. The maximum atomic E-state index is 4.30. The first-order valence-electron chi connectivity index (χ1n) is 8.33. The van der Waals surface area contributed by atoms with Gasteiger partial charge in [-0.2, -0.15) is 0 Å². The van der Waals surface area contributed by atoms with Gasteiger partial charge in [-0.3, -0.25) is 4.99 Å². The van der Waals surface area contributed by atoms with E-state index in [1.165, 1.54) is 36.8 Å². The van der Waals surface area contributed by atoms with Crippen LogP contribution in [0.5, 0.6) is 0 Å². The second-order valence-electron chi connectivity index (χ2n) is 5.92. The van der Waals surface area contributed by atoms with Crippen molar-refractivity contribution in [1.29, 1.82) is 0 Å². The number of halogens is 1. The molecule has 0 aliphatic carbocycles. The Bertz CT molecular complexity index is 446. The summed E-state index contributed by atoms with van der Waals surface area (Å²) < 4.78 is 0. The van der Waals surface area contributed by atoms with Gasteiger partial charge in [0.15, 0.2) is 5.96 Å². The Morgan fingerprint density at radius 2 is 1.74 bits per heavy atom. The summed E-state index contributed by atoms with van der Waals surface area (Å²) in [6.45, 7) is 4.98. The Balaban J connectivity index is 0.00000484. The van der Waals surface area contributed by atoms with Crippen molar-refractivity contribution in [2.45, 2.75) is 45.7 Å². The van der Waals surface area contributed by atoms with Crippen molar-refractivity contribution in [3.05, 3.63) is 35.4 Å². The van der Waals surface area contributed by atoms with Gasteiger partial charge in [0.05, 0.1) is 0 Å². The number of hydrogen-bond acceptors (Lipinski definition) is 2. The molecule has 0 unspecified atom stereocenters. The van der Waals surface area contributed by atoms with Crippen LogP contribution in [-0.2, 0) is 13.1 Å². The van der Waals surface area contributed by atoms with Crippen molar-refractivity contribution >= 4 is 29.9 Å². The summed E-state index contributed by atoms with van der Waals surface area (Å²) in [4.78, 5) is 6.49. The van der Waals surface area contributed by atoms with E-state index in [1.807, 2.05) is 7.05 Å². The van der Waals surface area contributed by atoms with Crippen LogP contribution < -0.4 is 10.6 Å². The maximum Gasteiger partial charge on any atom is 0.191 e. The number of nitrogens with zero attached hydrogens (tertiary/aromatic N) is 2. The van der Waals surface area contributed by atoms with Gasteiger partial charge in [-0.05, 0) is 31.6 Å². The summed E-state index contributed by atoms with van der Waals surface area (Å²) in [6, 6.07) is 8.57. The van der Waals surface area contributed by atoms with E-state index in [0.717, 1.165) is 25.6 Å². The summed E-state index contributed by atoms with van der Waals surface area (Å²) in [5.41, 5.74) is 2.68. The molecule has 132 valence electrons. The zero-order valence-corrected chi connectivity index (χ0v) is 17.4. The molecule has 0 aliphatic heterocycles. The van der Waals surface area contributed by atoms with E-state index in [0.29, 0.717) is 0 Å². The van der Waals surface area contributed by atoms with Crippen molar-refractivity contribution < 1.29 is 0 Å². The van der Waals surface area contributed by atoms with Crippen molar-refractivity contribution in [2.75, 3.05) is 27.7 Å². The molecule has 1 aromatic rings. The highest BCUT2D eigenvalue weighted by atomic mass is 127. The lowest BCUT2D eigenvalue weighted by molar-refractivity contribution is 0.400. The number of aliphatic imine (C=N–C) groups is 1. The number of nitrogens with one attached hydrogen (secondary N) is 2. The molecule has 0 radical (unpaired) electrons. The van der Waals surface area contributed by atoms with Crippen LogP contribution in [0.1, 0.15) is 43.7 Å². The highest BCUT2D eigenvalue weighted by Crippen LogP contribution is 2.10. The van der Waals surface area contributed by atoms with Gasteiger partial charge in [0, 0.05) is 26.7 Å². The Hall–Kier alpha value is -0.820. The van der Waals surface area contributed by atoms with Gasteiger partial charge in [-0.25, -0.2) is 0 Å². The highest BCUT2D eigenvalue weighted by Gasteiger charge is 2.04. The smallest absolute Gasteiger partial charge is 0.191 e. The minimum absolute atomic E-state index is 0. The Morgan fingerprint density at radius 3 is 2.35 bits per heavy atom. The molecule has 23 heavy (non-hydrogen) atoms. The van der Waals surface area contributed by atoms with Gasteiger partial charge in [-0.1, -0.05) is 50.5 Å². The quantitative estimate of drug-likeness (QED) is 0.271. The lowest BCUT2D eigenvalue weighted by Crippen LogP contribution is -2.37. The van der Waals surface area contributed by atoms with Gasteiger partial charge in [0.2, 0.25) is 0 Å². The van der Waals surface area contributed by atoms with E-state index in [1.54, 1.807) is 0 Å². The predicted molar refractivity (Wildman–Crippen MR) is 112 cm³/mol. The van der Waals surface area contributed by atoms with Gasteiger partial charge in [0.1, 0.15) is 0 Å². The predicted octanol–water partition coefficient (Wildman–Crippen LogP) is 3.61. The molecule has 1 rings (SSSR count). The minimum Gasteiger partial charge on any atom is -0.356 e. The summed E-state index contributed by atoms with van der Waals surface area (Å²) >= 11 is 0. The molecule has 2 N–H and O–H groups in total. The van der Waals surface area contributed by atoms with E-state index >= 15 is 0 Å². The van der Waals surface area contributed by atoms with Crippen LogP contribution in [0, 0.1) is 0 Å². The SMILES string of the molecule is CCCCCCNC(=NC)NCc1ccccc1CN(C)C.I. The van der Waals surface area contributed by atoms with Crippen LogP contribution in [0.15, 0.2) is 29.3 Å². The fraction of sp³-hybridized carbons (Fsp3) is 0.611. The summed E-state index contributed by atoms with van der Waals surface area (Å²) in [7, 11) is 6.02. The Labute approximate surface area is 159 Å². The van der Waals surface area contributed by atoms with Gasteiger partial charge in [0.25, 0.3) is 0 Å². The highest BCUT2D eigenvalue weighted by molar-refractivity contribution is 14.0. The van der Waals surface area contributed by atoms with Gasteiger partial charge < -0.3 is 15.5 Å². The normalized spacial score (nSPS) is 11.3. The lowest BCUT2D eigenvalue weighted by Gasteiger charge is -2.16. The zero-order chi connectivity index (χ0) is 16.2. The molecular formula is C18H33IN4. The first-order chi connectivity index (χ1) is 10.7. The van der Waals surface area contributed by atoms with E-state index < -0.39 is 0 Å². The molecule has 5 heteroatoms. The average molecular weight is 432 g/mol. The van der Waals surface area contributed by atoms with Crippen LogP contribution in [0.4, 0.5) is 0 Å². The largest absolute Gasteiger partial charge is 0.356 e. The van der Waals surface area contributed by atoms with E-state index in [4.69, 9.17) is 0 Å². The van der Waals surface area contributed by atoms with Crippen molar-refractivity contribution in [3.8, 4) is 0 Å². The third-order valence-corrected chi connectivity index (χ3v) is 3.60. The van der Waals surface area contributed by atoms with Crippen molar-refractivity contribution in [2.24, 2.45) is 4.99 Å². The van der Waals surface area contributed by atoms with Gasteiger partial charge >= 0.3 is 0 Å². The molecule has 0 aromatic heterocycles. The molecule has 0 spiro atoms. The monoisotopic (exact) mass is 432 g/mol. The topological polar surface area (TPSA) is 39.7 Å². The number of rotatable bonds is 9. The number of unbranched alkanes of at least 4 members (excludes halogenated alkanes) is 3. The van der Waals surface area contributed by atoms with Crippen molar-refractivity contribution in [3.63, 3.8) is 0 Å². The lowest BCUT2D eigenvalue weighted by atomic mass is 10.1. The summed E-state index contributed by atoms with van der Waals surface area (Å²) in [6.07, 6.45) is 5.07. The van der Waals surface area contributed by atoms with Crippen LogP contribution in [-0.4, -0.2) is 38.5 Å². The van der Waals surface area contributed by atoms with E-state index in [2.05, 4.69) is 65.8 Å². The fourth-order valence-electron chi connectivity index (χ4n) is 2.38. The average Bonchev–Trinajstić information content (AvgIpc) is 2.51. The third-order valence-electron chi connectivity index (χ3n) is 3.60. The molecule has 0 heterocycles. The van der Waals surface area contributed by atoms with Crippen LogP contribution in [0.25, 0.3) is 0 Å².